The van der Waals surface area contributed by atoms with Crippen LogP contribution in [0.4, 0.5) is 8.78 Å². The van der Waals surface area contributed by atoms with Crippen molar-refractivity contribution in [3.05, 3.63) is 12.7 Å². The van der Waals surface area contributed by atoms with Crippen molar-refractivity contribution in [2.24, 2.45) is 0 Å². The van der Waals surface area contributed by atoms with Crippen molar-refractivity contribution >= 4 is 10.5 Å². The van der Waals surface area contributed by atoms with E-state index in [0.29, 0.717) is 6.08 Å². The summed E-state index contributed by atoms with van der Waals surface area (Å²) in [5, 5.41) is 0. The number of hydrogen-bond donors (Lipinski definition) is 0. The highest BCUT2D eigenvalue weighted by Gasteiger charge is 2.20. The fourth-order valence-corrected chi connectivity index (χ4v) is 0.250. The fourth-order valence-electron chi connectivity index (χ4n) is 0.0833. The van der Waals surface area contributed by atoms with Crippen LogP contribution in [0.25, 0.3) is 0 Å². The molecule has 0 spiro atoms. The highest BCUT2D eigenvalue weighted by molar-refractivity contribution is 5.98. The summed E-state index contributed by atoms with van der Waals surface area (Å²) < 4.78 is 26.9. The molecule has 0 heterocycles. The van der Waals surface area contributed by atoms with Gasteiger partial charge in [0.15, 0.2) is 10.5 Å². The first-order chi connectivity index (χ1) is 3.12. The molecule has 0 rings (SSSR count). The van der Waals surface area contributed by atoms with E-state index in [2.05, 4.69) is 11.0 Å². The number of hydrogen-bond acceptors (Lipinski definition) is 1. The topological polar surface area (TPSA) is 9.23 Å². The highest BCUT2D eigenvalue weighted by atomic mass is 28.2. The highest BCUT2D eigenvalue weighted by Crippen LogP contribution is 2.12. The van der Waals surface area contributed by atoms with Crippen molar-refractivity contribution in [1.82, 2.24) is 0 Å². The molecule has 0 saturated heterocycles. The molecular weight excluding hydrogens is 118 g/mol. The lowest BCUT2D eigenvalue weighted by molar-refractivity contribution is -0.127. The smallest absolute Gasteiger partial charge is 0.366 e. The van der Waals surface area contributed by atoms with E-state index in [9.17, 15) is 8.78 Å². The van der Waals surface area contributed by atoms with Gasteiger partial charge in [0, 0.05) is 6.08 Å². The summed E-state index contributed by atoms with van der Waals surface area (Å²) >= 11 is 0. The van der Waals surface area contributed by atoms with E-state index >= 15 is 0 Å². The predicted octanol–water partition coefficient (Wildman–Crippen LogP) is 0.0622. The van der Waals surface area contributed by atoms with Crippen LogP contribution < -0.4 is 0 Å². The van der Waals surface area contributed by atoms with Gasteiger partial charge in [-0.1, -0.05) is 6.58 Å². The van der Waals surface area contributed by atoms with E-state index in [0.717, 1.165) is 0 Å². The molecule has 0 amide bonds. The van der Waals surface area contributed by atoms with Crippen molar-refractivity contribution in [2.45, 2.75) is 6.11 Å². The molecule has 0 fully saturated rings. The zero-order valence-corrected chi connectivity index (χ0v) is 5.95. The van der Waals surface area contributed by atoms with Gasteiger partial charge in [-0.05, 0) is 0 Å². The Balaban J connectivity index is 3.58. The second-order valence-electron chi connectivity index (χ2n) is 0.970. The van der Waals surface area contributed by atoms with E-state index < -0.39 is 6.11 Å². The largest absolute Gasteiger partial charge is 0.370 e. The SMILES string of the molecule is C=CC(F)(F)O[SiH3]. The first-order valence-electron chi connectivity index (χ1n) is 1.69. The van der Waals surface area contributed by atoms with Gasteiger partial charge in [-0.3, -0.25) is 0 Å². The van der Waals surface area contributed by atoms with Crippen LogP contribution in [0.2, 0.25) is 0 Å². The van der Waals surface area contributed by atoms with Gasteiger partial charge in [-0.15, -0.1) is 0 Å². The minimum absolute atomic E-state index is 0.0358. The maximum absolute atomic E-state index is 11.6. The number of alkyl halides is 2. The van der Waals surface area contributed by atoms with E-state index in [1.165, 1.54) is 0 Å². The number of rotatable bonds is 2. The Kier molecular flexibility index (Phi) is 2.11. The van der Waals surface area contributed by atoms with Crippen LogP contribution in [-0.4, -0.2) is 16.6 Å². The average molecular weight is 124 g/mol. The lowest BCUT2D eigenvalue weighted by atomic mass is 10.6. The molecular formula is C3H6F2OSi. The third kappa shape index (κ3) is 2.47. The Bertz CT molecular complexity index is 73.3. The van der Waals surface area contributed by atoms with Crippen molar-refractivity contribution in [1.29, 1.82) is 0 Å². The molecule has 0 radical (unpaired) electrons. The van der Waals surface area contributed by atoms with Gasteiger partial charge in [0.2, 0.25) is 0 Å². The molecule has 1 nitrogen and oxygen atoms in total. The van der Waals surface area contributed by atoms with Gasteiger partial charge in [0.25, 0.3) is 0 Å². The molecule has 0 saturated carbocycles. The summed E-state index contributed by atoms with van der Waals surface area (Å²) in [7, 11) is 0.0358. The van der Waals surface area contributed by atoms with Gasteiger partial charge in [0.05, 0.1) is 0 Å². The fraction of sp³-hybridized carbons (Fsp3) is 0.333. The van der Waals surface area contributed by atoms with Crippen molar-refractivity contribution < 1.29 is 13.2 Å². The second kappa shape index (κ2) is 2.18. The van der Waals surface area contributed by atoms with Crippen LogP contribution in [0.15, 0.2) is 12.7 Å². The lowest BCUT2D eigenvalue weighted by Crippen LogP contribution is -2.14. The van der Waals surface area contributed by atoms with Crippen LogP contribution >= 0.6 is 0 Å². The van der Waals surface area contributed by atoms with Crippen LogP contribution in [-0.2, 0) is 4.43 Å². The van der Waals surface area contributed by atoms with E-state index in [-0.39, 0.29) is 10.5 Å². The Morgan fingerprint density at radius 3 is 2.14 bits per heavy atom. The van der Waals surface area contributed by atoms with Crippen LogP contribution in [0.5, 0.6) is 0 Å². The summed E-state index contributed by atoms with van der Waals surface area (Å²) in [6.45, 7) is 2.85. The minimum Gasteiger partial charge on any atom is -0.370 e. The van der Waals surface area contributed by atoms with E-state index in [4.69, 9.17) is 0 Å². The quantitative estimate of drug-likeness (QED) is 0.373. The minimum atomic E-state index is -3.09. The molecule has 0 bridgehead atoms. The van der Waals surface area contributed by atoms with Crippen LogP contribution in [0.3, 0.4) is 0 Å². The average Bonchev–Trinajstić information content (AvgIpc) is 1.68. The van der Waals surface area contributed by atoms with Crippen LogP contribution in [0, 0.1) is 0 Å². The molecule has 7 heavy (non-hydrogen) atoms. The molecule has 0 atom stereocenters. The zero-order chi connectivity index (χ0) is 5.91. The molecule has 0 aliphatic heterocycles. The summed E-state index contributed by atoms with van der Waals surface area (Å²) in [5.41, 5.74) is 0. The third-order valence-electron chi connectivity index (χ3n) is 0.510. The first kappa shape index (κ1) is 6.78. The summed E-state index contributed by atoms with van der Waals surface area (Å²) in [4.78, 5) is 0. The number of halogens is 2. The maximum Gasteiger partial charge on any atom is 0.366 e. The molecule has 0 unspecified atom stereocenters. The Morgan fingerprint density at radius 2 is 2.14 bits per heavy atom. The molecule has 0 aromatic heterocycles. The lowest BCUT2D eigenvalue weighted by Gasteiger charge is -2.06. The van der Waals surface area contributed by atoms with Crippen molar-refractivity contribution in [2.75, 3.05) is 0 Å². The molecule has 4 heteroatoms. The van der Waals surface area contributed by atoms with E-state index in [1.807, 2.05) is 0 Å². The molecule has 0 aromatic rings. The monoisotopic (exact) mass is 124 g/mol. The molecule has 0 aliphatic rings. The van der Waals surface area contributed by atoms with Crippen molar-refractivity contribution in [3.63, 3.8) is 0 Å². The first-order valence-corrected chi connectivity index (χ1v) is 2.50. The standard InChI is InChI=1S/C3H6F2OSi/c1-2-3(4,5)6-7/h2H,1H2,7H3. The van der Waals surface area contributed by atoms with Gasteiger partial charge in [-0.25, -0.2) is 0 Å². The van der Waals surface area contributed by atoms with Gasteiger partial charge in [-0.2, -0.15) is 8.78 Å². The second-order valence-corrected chi connectivity index (χ2v) is 1.38. The summed E-state index contributed by atoms with van der Waals surface area (Å²) in [6, 6.07) is 0. The Morgan fingerprint density at radius 1 is 1.71 bits per heavy atom. The molecule has 0 aliphatic carbocycles. The summed E-state index contributed by atoms with van der Waals surface area (Å²) in [5.74, 6) is 0. The molecule has 42 valence electrons. The molecule has 0 aromatic carbocycles. The predicted molar refractivity (Wildman–Crippen MR) is 26.2 cm³/mol. The Labute approximate surface area is 43.5 Å². The van der Waals surface area contributed by atoms with Crippen molar-refractivity contribution in [3.8, 4) is 0 Å². The third-order valence-corrected chi connectivity index (χ3v) is 1.05. The van der Waals surface area contributed by atoms with Crippen LogP contribution in [0.1, 0.15) is 0 Å². The maximum atomic E-state index is 11.6. The zero-order valence-electron chi connectivity index (χ0n) is 3.95. The van der Waals surface area contributed by atoms with Gasteiger partial charge in [0.1, 0.15) is 0 Å². The van der Waals surface area contributed by atoms with Gasteiger partial charge >= 0.3 is 6.11 Å². The van der Waals surface area contributed by atoms with Gasteiger partial charge < -0.3 is 4.43 Å². The molecule has 0 N–H and O–H groups in total. The Hall–Kier alpha value is -0.223. The normalized spacial score (nSPS) is 11.7. The van der Waals surface area contributed by atoms with E-state index in [1.54, 1.807) is 0 Å². The summed E-state index contributed by atoms with van der Waals surface area (Å²) in [6.07, 6.45) is -2.62.